The van der Waals surface area contributed by atoms with E-state index >= 15 is 0 Å². The van der Waals surface area contributed by atoms with Crippen LogP contribution in [0, 0.1) is 0 Å². The fraction of sp³-hybridized carbons (Fsp3) is 0. The number of amides is 1. The van der Waals surface area contributed by atoms with Crippen LogP contribution in [-0.4, -0.2) is 27.0 Å². The van der Waals surface area contributed by atoms with E-state index < -0.39 is 11.9 Å². The van der Waals surface area contributed by atoms with E-state index in [2.05, 4.69) is 20.8 Å². The number of anilines is 1. The van der Waals surface area contributed by atoms with Gasteiger partial charge in [-0.15, -0.1) is 0 Å². The predicted octanol–water partition coefficient (Wildman–Crippen LogP) is 0.714. The number of aromatic nitrogens is 2. The molecule has 0 unspecified atom stereocenters. The van der Waals surface area contributed by atoms with Gasteiger partial charge in [0.2, 0.25) is 0 Å². The summed E-state index contributed by atoms with van der Waals surface area (Å²) in [6.07, 6.45) is 3.01. The molecule has 0 saturated heterocycles. The maximum atomic E-state index is 11.3. The van der Waals surface area contributed by atoms with Gasteiger partial charge < -0.3 is 5.11 Å². The molecule has 0 aliphatic rings. The Balaban J connectivity index is 2.10. The number of carboxylic acid groups (broad SMARTS) is 1. The minimum atomic E-state index is -1.19. The van der Waals surface area contributed by atoms with E-state index in [0.29, 0.717) is 5.82 Å². The number of fused-ring (bicyclic) bond motifs is 1. The van der Waals surface area contributed by atoms with Gasteiger partial charge in [-0.1, -0.05) is 12.1 Å². The van der Waals surface area contributed by atoms with Gasteiger partial charge in [-0.2, -0.15) is 0 Å². The number of hydrogen-bond donors (Lipinski definition) is 3. The van der Waals surface area contributed by atoms with Crippen molar-refractivity contribution in [2.24, 2.45) is 0 Å². The maximum absolute atomic E-state index is 11.3. The lowest BCUT2D eigenvalue weighted by molar-refractivity contribution is -0.131. The molecule has 1 aromatic carbocycles. The number of hydrazine groups is 1. The van der Waals surface area contributed by atoms with Crippen LogP contribution < -0.4 is 10.9 Å². The third-order valence-electron chi connectivity index (χ3n) is 2.22. The van der Waals surface area contributed by atoms with Crippen molar-refractivity contribution in [1.29, 1.82) is 0 Å². The zero-order valence-electron chi connectivity index (χ0n) is 9.70. The van der Waals surface area contributed by atoms with Gasteiger partial charge in [0.1, 0.15) is 6.33 Å². The standard InChI is InChI=1S/C12H10N4O3/c17-10(5-6-11(18)19)15-16-12-8-3-1-2-4-9(8)13-7-14-12/h1-7H,(H,15,17)(H,18,19)(H,13,14,16)/b6-5+. The summed E-state index contributed by atoms with van der Waals surface area (Å²) in [5.41, 5.74) is 5.67. The van der Waals surface area contributed by atoms with Gasteiger partial charge in [-0.05, 0) is 12.1 Å². The van der Waals surface area contributed by atoms with Crippen molar-refractivity contribution in [2.45, 2.75) is 0 Å². The highest BCUT2D eigenvalue weighted by Gasteiger charge is 2.03. The third kappa shape index (κ3) is 3.25. The molecule has 19 heavy (non-hydrogen) atoms. The van der Waals surface area contributed by atoms with E-state index in [1.807, 2.05) is 18.2 Å². The fourth-order valence-electron chi connectivity index (χ4n) is 1.41. The van der Waals surface area contributed by atoms with Gasteiger partial charge >= 0.3 is 5.97 Å². The predicted molar refractivity (Wildman–Crippen MR) is 68.1 cm³/mol. The summed E-state index contributed by atoms with van der Waals surface area (Å²) < 4.78 is 0. The summed E-state index contributed by atoms with van der Waals surface area (Å²) >= 11 is 0. The van der Waals surface area contributed by atoms with Crippen LogP contribution in [0.3, 0.4) is 0 Å². The molecule has 1 heterocycles. The zero-order valence-corrected chi connectivity index (χ0v) is 9.70. The number of carbonyl (C=O) groups excluding carboxylic acids is 1. The van der Waals surface area contributed by atoms with E-state index in [1.165, 1.54) is 6.33 Å². The quantitative estimate of drug-likeness (QED) is 0.551. The molecule has 0 fully saturated rings. The van der Waals surface area contributed by atoms with Crippen molar-refractivity contribution in [3.63, 3.8) is 0 Å². The van der Waals surface area contributed by atoms with Gasteiger partial charge in [-0.25, -0.2) is 14.8 Å². The molecule has 1 amide bonds. The van der Waals surface area contributed by atoms with Crippen LogP contribution in [0.1, 0.15) is 0 Å². The van der Waals surface area contributed by atoms with Crippen molar-refractivity contribution in [2.75, 3.05) is 5.43 Å². The van der Waals surface area contributed by atoms with E-state index in [0.717, 1.165) is 23.1 Å². The zero-order chi connectivity index (χ0) is 13.7. The first kappa shape index (κ1) is 12.5. The van der Waals surface area contributed by atoms with Gasteiger partial charge in [-0.3, -0.25) is 15.6 Å². The number of para-hydroxylation sites is 1. The molecule has 96 valence electrons. The normalized spacial score (nSPS) is 10.5. The van der Waals surface area contributed by atoms with Gasteiger partial charge in [0, 0.05) is 17.5 Å². The molecule has 0 saturated carbocycles. The number of nitrogens with one attached hydrogen (secondary N) is 2. The maximum Gasteiger partial charge on any atom is 0.328 e. The van der Waals surface area contributed by atoms with Crippen molar-refractivity contribution in [1.82, 2.24) is 15.4 Å². The summed E-state index contributed by atoms with van der Waals surface area (Å²) in [5.74, 6) is -1.35. The van der Waals surface area contributed by atoms with Crippen LogP contribution >= 0.6 is 0 Å². The van der Waals surface area contributed by atoms with Gasteiger partial charge in [0.25, 0.3) is 5.91 Å². The largest absolute Gasteiger partial charge is 0.478 e. The number of aliphatic carboxylic acids is 1. The highest BCUT2D eigenvalue weighted by Crippen LogP contribution is 2.17. The lowest BCUT2D eigenvalue weighted by Crippen LogP contribution is -2.28. The first-order chi connectivity index (χ1) is 9.16. The molecule has 2 aromatic rings. The number of carbonyl (C=O) groups is 2. The molecule has 0 aliphatic heterocycles. The number of hydrogen-bond acceptors (Lipinski definition) is 5. The highest BCUT2D eigenvalue weighted by atomic mass is 16.4. The minimum Gasteiger partial charge on any atom is -0.478 e. The van der Waals surface area contributed by atoms with Crippen LogP contribution in [0.4, 0.5) is 5.82 Å². The molecule has 0 bridgehead atoms. The number of nitrogens with zero attached hydrogens (tertiary/aromatic N) is 2. The first-order valence-corrected chi connectivity index (χ1v) is 5.33. The van der Waals surface area contributed by atoms with Crippen LogP contribution in [0.25, 0.3) is 10.9 Å². The van der Waals surface area contributed by atoms with E-state index in [4.69, 9.17) is 5.11 Å². The molecule has 0 radical (unpaired) electrons. The molecule has 0 spiro atoms. The smallest absolute Gasteiger partial charge is 0.328 e. The van der Waals surface area contributed by atoms with Crippen molar-refractivity contribution in [3.8, 4) is 0 Å². The highest BCUT2D eigenvalue weighted by molar-refractivity contribution is 5.95. The molecule has 1 aromatic heterocycles. The second kappa shape index (κ2) is 5.58. The Hall–Kier alpha value is -2.96. The first-order valence-electron chi connectivity index (χ1n) is 5.33. The lowest BCUT2D eigenvalue weighted by atomic mass is 10.2. The number of rotatable bonds is 4. The minimum absolute atomic E-state index is 0.433. The Morgan fingerprint density at radius 1 is 1.16 bits per heavy atom. The van der Waals surface area contributed by atoms with Crippen molar-refractivity contribution >= 4 is 28.6 Å². The van der Waals surface area contributed by atoms with Crippen LogP contribution in [-0.2, 0) is 9.59 Å². The molecule has 0 aliphatic carbocycles. The van der Waals surface area contributed by atoms with Gasteiger partial charge in [0.05, 0.1) is 5.52 Å². The van der Waals surface area contributed by atoms with E-state index in [1.54, 1.807) is 6.07 Å². The molecule has 2 rings (SSSR count). The molecular weight excluding hydrogens is 248 g/mol. The molecular formula is C12H10N4O3. The monoisotopic (exact) mass is 258 g/mol. The Kier molecular flexibility index (Phi) is 3.67. The summed E-state index contributed by atoms with van der Waals surface area (Å²) in [7, 11) is 0. The van der Waals surface area contributed by atoms with Gasteiger partial charge in [0.15, 0.2) is 5.82 Å². The fourth-order valence-corrected chi connectivity index (χ4v) is 1.41. The van der Waals surface area contributed by atoms with Crippen LogP contribution in [0.5, 0.6) is 0 Å². The molecule has 3 N–H and O–H groups in total. The SMILES string of the molecule is O=C(O)/C=C/C(=O)NNc1ncnc2ccccc12. The molecule has 7 nitrogen and oxygen atoms in total. The van der Waals surface area contributed by atoms with E-state index in [9.17, 15) is 9.59 Å². The van der Waals surface area contributed by atoms with Crippen LogP contribution in [0.2, 0.25) is 0 Å². The summed E-state index contributed by atoms with van der Waals surface area (Å²) in [6.45, 7) is 0. The summed E-state index contributed by atoms with van der Waals surface area (Å²) in [6, 6.07) is 7.28. The molecule has 0 atom stereocenters. The van der Waals surface area contributed by atoms with E-state index in [-0.39, 0.29) is 0 Å². The van der Waals surface area contributed by atoms with Crippen molar-refractivity contribution < 1.29 is 14.7 Å². The second-order valence-electron chi connectivity index (χ2n) is 3.53. The Morgan fingerprint density at radius 2 is 1.95 bits per heavy atom. The number of benzene rings is 1. The van der Waals surface area contributed by atoms with Crippen molar-refractivity contribution in [3.05, 3.63) is 42.7 Å². The Morgan fingerprint density at radius 3 is 2.74 bits per heavy atom. The Bertz CT molecular complexity index is 649. The van der Waals surface area contributed by atoms with Crippen LogP contribution in [0.15, 0.2) is 42.7 Å². The molecule has 7 heteroatoms. The average Bonchev–Trinajstić information content (AvgIpc) is 2.42. The summed E-state index contributed by atoms with van der Waals surface area (Å²) in [5, 5.41) is 9.12. The number of carboxylic acids is 1. The summed E-state index contributed by atoms with van der Waals surface area (Å²) in [4.78, 5) is 29.6. The third-order valence-corrected chi connectivity index (χ3v) is 2.22. The second-order valence-corrected chi connectivity index (χ2v) is 3.53. The lowest BCUT2D eigenvalue weighted by Gasteiger charge is -2.07. The average molecular weight is 258 g/mol. The topological polar surface area (TPSA) is 104 Å². The Labute approximate surface area is 108 Å².